The third-order valence-corrected chi connectivity index (χ3v) is 6.68. The van der Waals surface area contributed by atoms with E-state index in [4.69, 9.17) is 17.3 Å². The highest BCUT2D eigenvalue weighted by Gasteiger charge is 2.44. The van der Waals surface area contributed by atoms with Gasteiger partial charge in [-0.15, -0.1) is 0 Å². The van der Waals surface area contributed by atoms with Crippen molar-refractivity contribution in [1.82, 2.24) is 4.31 Å². The Hall–Kier alpha value is -0.690. The van der Waals surface area contributed by atoms with Crippen molar-refractivity contribution in [1.29, 1.82) is 0 Å². The van der Waals surface area contributed by atoms with Crippen LogP contribution in [-0.4, -0.2) is 31.9 Å². The normalized spacial score (nSPS) is 29.8. The minimum atomic E-state index is -3.41. The van der Waals surface area contributed by atoms with Crippen molar-refractivity contribution in [2.24, 2.45) is 17.6 Å². The van der Waals surface area contributed by atoms with Crippen LogP contribution in [0.2, 0.25) is 5.02 Å². The highest BCUT2D eigenvalue weighted by atomic mass is 35.5. The first-order valence-corrected chi connectivity index (χ1v) is 9.03. The summed E-state index contributed by atoms with van der Waals surface area (Å²) in [6.45, 7) is 1.05. The number of halogens is 2. The van der Waals surface area contributed by atoms with Gasteiger partial charge >= 0.3 is 0 Å². The number of sulfonamides is 1. The summed E-state index contributed by atoms with van der Waals surface area (Å²) in [5, 5.41) is -0.0528. The molecule has 1 saturated carbocycles. The van der Waals surface area contributed by atoms with Gasteiger partial charge < -0.3 is 5.73 Å². The van der Waals surface area contributed by atoms with Crippen molar-refractivity contribution in [2.45, 2.75) is 24.6 Å². The van der Waals surface area contributed by atoms with Crippen LogP contribution in [0.25, 0.3) is 0 Å². The van der Waals surface area contributed by atoms with E-state index in [1.54, 1.807) is 0 Å². The van der Waals surface area contributed by atoms with Crippen molar-refractivity contribution in [3.05, 3.63) is 34.6 Å². The summed E-state index contributed by atoms with van der Waals surface area (Å²) < 4.78 is 39.6. The Kier molecular flexibility index (Phi) is 3.98. The molecule has 3 rings (SSSR count). The first-order chi connectivity index (χ1) is 9.87. The van der Waals surface area contributed by atoms with Crippen molar-refractivity contribution in [2.75, 3.05) is 13.1 Å². The molecule has 21 heavy (non-hydrogen) atoms. The van der Waals surface area contributed by atoms with Gasteiger partial charge in [0.25, 0.3) is 0 Å². The monoisotopic (exact) mass is 332 g/mol. The summed E-state index contributed by atoms with van der Waals surface area (Å²) in [6.07, 6.45) is 1.98. The van der Waals surface area contributed by atoms with Gasteiger partial charge in [-0.05, 0) is 42.4 Å². The van der Waals surface area contributed by atoms with Crippen LogP contribution in [0.15, 0.2) is 18.2 Å². The molecule has 1 aliphatic heterocycles. The Bertz CT molecular complexity index is 652. The second kappa shape index (κ2) is 5.50. The average molecular weight is 333 g/mol. The number of nitrogens with two attached hydrogens (primary N) is 1. The van der Waals surface area contributed by atoms with E-state index in [-0.39, 0.29) is 22.7 Å². The van der Waals surface area contributed by atoms with Crippen LogP contribution in [0, 0.1) is 17.7 Å². The molecule has 3 unspecified atom stereocenters. The molecular weight excluding hydrogens is 315 g/mol. The van der Waals surface area contributed by atoms with Crippen molar-refractivity contribution in [3.8, 4) is 0 Å². The van der Waals surface area contributed by atoms with Crippen LogP contribution in [0.4, 0.5) is 4.39 Å². The maximum atomic E-state index is 13.1. The third-order valence-electron chi connectivity index (χ3n) is 4.61. The highest BCUT2D eigenvalue weighted by Crippen LogP contribution is 2.38. The molecule has 2 N–H and O–H groups in total. The van der Waals surface area contributed by atoms with Crippen LogP contribution in [-0.2, 0) is 15.8 Å². The highest BCUT2D eigenvalue weighted by molar-refractivity contribution is 7.88. The molecule has 116 valence electrons. The largest absolute Gasteiger partial charge is 0.327 e. The number of fused-ring (bicyclic) bond motifs is 1. The quantitative estimate of drug-likeness (QED) is 0.920. The molecule has 2 aliphatic rings. The average Bonchev–Trinajstić information content (AvgIpc) is 2.97. The van der Waals surface area contributed by atoms with E-state index < -0.39 is 15.8 Å². The summed E-state index contributed by atoms with van der Waals surface area (Å²) in [5.41, 5.74) is 6.54. The lowest BCUT2D eigenvalue weighted by molar-refractivity contribution is 0.426. The van der Waals surface area contributed by atoms with E-state index in [1.165, 1.54) is 22.5 Å². The fourth-order valence-corrected chi connectivity index (χ4v) is 5.23. The molecular formula is C14H18ClFN2O2S. The number of rotatable bonds is 3. The van der Waals surface area contributed by atoms with E-state index in [2.05, 4.69) is 0 Å². The summed E-state index contributed by atoms with van der Waals surface area (Å²) in [7, 11) is -3.41. The van der Waals surface area contributed by atoms with E-state index in [1.807, 2.05) is 0 Å². The molecule has 3 atom stereocenters. The first kappa shape index (κ1) is 15.2. The predicted molar refractivity (Wildman–Crippen MR) is 79.8 cm³/mol. The van der Waals surface area contributed by atoms with Gasteiger partial charge in [0.15, 0.2) is 0 Å². The van der Waals surface area contributed by atoms with Crippen molar-refractivity contribution >= 4 is 21.6 Å². The van der Waals surface area contributed by atoms with Gasteiger partial charge in [0.1, 0.15) is 5.82 Å². The Labute approximate surface area is 129 Å². The first-order valence-electron chi connectivity index (χ1n) is 7.04. The summed E-state index contributed by atoms with van der Waals surface area (Å²) >= 11 is 5.70. The van der Waals surface area contributed by atoms with Gasteiger partial charge in [0, 0.05) is 19.1 Å². The number of benzene rings is 1. The third kappa shape index (κ3) is 2.95. The smallest absolute Gasteiger partial charge is 0.218 e. The molecule has 1 aromatic carbocycles. The SMILES string of the molecule is NC1CCC2CN(S(=O)(=O)Cc3ccc(F)c(Cl)c3)CC12. The Balaban J connectivity index is 1.74. The number of hydrogen-bond acceptors (Lipinski definition) is 3. The van der Waals surface area contributed by atoms with Crippen LogP contribution < -0.4 is 5.73 Å². The Morgan fingerprint density at radius 3 is 2.76 bits per heavy atom. The van der Waals surface area contributed by atoms with Gasteiger partial charge in [-0.25, -0.2) is 17.1 Å². The topological polar surface area (TPSA) is 63.4 Å². The van der Waals surface area contributed by atoms with E-state index >= 15 is 0 Å². The molecule has 0 spiro atoms. The lowest BCUT2D eigenvalue weighted by Crippen LogP contribution is -2.34. The van der Waals surface area contributed by atoms with Gasteiger partial charge in [-0.3, -0.25) is 0 Å². The standard InChI is InChI=1S/C14H18ClFN2O2S/c15-12-5-9(1-3-13(12)16)8-21(19,20)18-6-10-2-4-14(17)11(10)7-18/h1,3,5,10-11,14H,2,4,6-8,17H2. The molecule has 0 amide bonds. The van der Waals surface area contributed by atoms with Crippen LogP contribution in [0.5, 0.6) is 0 Å². The van der Waals surface area contributed by atoms with E-state index in [9.17, 15) is 12.8 Å². The molecule has 4 nitrogen and oxygen atoms in total. The van der Waals surface area contributed by atoms with Crippen molar-refractivity contribution in [3.63, 3.8) is 0 Å². The van der Waals surface area contributed by atoms with E-state index in [0.29, 0.717) is 24.6 Å². The molecule has 1 heterocycles. The van der Waals surface area contributed by atoms with Gasteiger partial charge in [0.2, 0.25) is 10.0 Å². The van der Waals surface area contributed by atoms with Gasteiger partial charge in [0.05, 0.1) is 10.8 Å². The second-order valence-corrected chi connectivity index (χ2v) is 8.36. The van der Waals surface area contributed by atoms with Crippen molar-refractivity contribution < 1.29 is 12.8 Å². The lowest BCUT2D eigenvalue weighted by atomic mass is 9.98. The molecule has 0 bridgehead atoms. The predicted octanol–water partition coefficient (Wildman–Crippen LogP) is 1.98. The zero-order valence-electron chi connectivity index (χ0n) is 11.5. The van der Waals surface area contributed by atoms with Crippen LogP contribution >= 0.6 is 11.6 Å². The summed E-state index contributed by atoms with van der Waals surface area (Å²) in [6, 6.07) is 4.13. The molecule has 1 aliphatic carbocycles. The zero-order chi connectivity index (χ0) is 15.2. The zero-order valence-corrected chi connectivity index (χ0v) is 13.1. The maximum Gasteiger partial charge on any atom is 0.218 e. The summed E-state index contributed by atoms with van der Waals surface area (Å²) in [4.78, 5) is 0. The molecule has 1 saturated heterocycles. The Morgan fingerprint density at radius 2 is 2.10 bits per heavy atom. The molecule has 2 fully saturated rings. The Morgan fingerprint density at radius 1 is 1.33 bits per heavy atom. The maximum absolute atomic E-state index is 13.1. The van der Waals surface area contributed by atoms with Crippen LogP contribution in [0.3, 0.4) is 0 Å². The van der Waals surface area contributed by atoms with Gasteiger partial charge in [-0.2, -0.15) is 0 Å². The minimum Gasteiger partial charge on any atom is -0.327 e. The molecule has 1 aromatic rings. The fraction of sp³-hybridized carbons (Fsp3) is 0.571. The van der Waals surface area contributed by atoms with Crippen LogP contribution in [0.1, 0.15) is 18.4 Å². The molecule has 0 aromatic heterocycles. The molecule has 0 radical (unpaired) electrons. The number of hydrogen-bond donors (Lipinski definition) is 1. The van der Waals surface area contributed by atoms with Gasteiger partial charge in [-0.1, -0.05) is 17.7 Å². The number of nitrogens with zero attached hydrogens (tertiary/aromatic N) is 1. The minimum absolute atomic E-state index is 0.0528. The fourth-order valence-electron chi connectivity index (χ4n) is 3.43. The second-order valence-electron chi connectivity index (χ2n) is 5.99. The lowest BCUT2D eigenvalue weighted by Gasteiger charge is -2.18. The summed E-state index contributed by atoms with van der Waals surface area (Å²) in [5.74, 6) is -0.0375. The molecule has 7 heteroatoms. The van der Waals surface area contributed by atoms with E-state index in [0.717, 1.165) is 12.8 Å².